The SMILES string of the molecule is Cc1ccc(N(C)c2cc(C)nc(Cl)n2)cc1. The largest absolute Gasteiger partial charge is 0.329 e. The van der Waals surface area contributed by atoms with E-state index in [4.69, 9.17) is 11.6 Å². The first-order valence-electron chi connectivity index (χ1n) is 5.38. The van der Waals surface area contributed by atoms with Crippen molar-refractivity contribution in [2.45, 2.75) is 13.8 Å². The Bertz CT molecular complexity index is 502. The molecule has 0 aliphatic heterocycles. The topological polar surface area (TPSA) is 29.0 Å². The number of aromatic nitrogens is 2. The number of nitrogens with zero attached hydrogens (tertiary/aromatic N) is 3. The average molecular weight is 248 g/mol. The van der Waals surface area contributed by atoms with Gasteiger partial charge in [0.2, 0.25) is 5.28 Å². The van der Waals surface area contributed by atoms with Crippen molar-refractivity contribution in [2.75, 3.05) is 11.9 Å². The zero-order valence-electron chi connectivity index (χ0n) is 10.1. The van der Waals surface area contributed by atoms with Gasteiger partial charge >= 0.3 is 0 Å². The third kappa shape index (κ3) is 2.74. The number of benzene rings is 1. The molecule has 0 radical (unpaired) electrons. The number of hydrogen-bond donors (Lipinski definition) is 0. The molecule has 0 spiro atoms. The lowest BCUT2D eigenvalue weighted by Crippen LogP contribution is -2.12. The van der Waals surface area contributed by atoms with Crippen LogP contribution in [0.3, 0.4) is 0 Å². The van der Waals surface area contributed by atoms with Crippen molar-refractivity contribution < 1.29 is 0 Å². The zero-order valence-corrected chi connectivity index (χ0v) is 10.9. The third-order valence-electron chi connectivity index (χ3n) is 2.58. The molecule has 0 amide bonds. The van der Waals surface area contributed by atoms with E-state index in [-0.39, 0.29) is 5.28 Å². The number of anilines is 2. The summed E-state index contributed by atoms with van der Waals surface area (Å²) in [5.74, 6) is 0.798. The maximum absolute atomic E-state index is 5.86. The van der Waals surface area contributed by atoms with Crippen molar-refractivity contribution >= 4 is 23.1 Å². The molecule has 1 heterocycles. The summed E-state index contributed by atoms with van der Waals surface area (Å²) in [5.41, 5.74) is 3.17. The number of hydrogen-bond acceptors (Lipinski definition) is 3. The van der Waals surface area contributed by atoms with Gasteiger partial charge in [0.1, 0.15) is 5.82 Å². The van der Waals surface area contributed by atoms with Crippen LogP contribution in [0.1, 0.15) is 11.3 Å². The fourth-order valence-corrected chi connectivity index (χ4v) is 1.81. The zero-order chi connectivity index (χ0) is 12.4. The average Bonchev–Trinajstić information content (AvgIpc) is 2.28. The Morgan fingerprint density at radius 1 is 1.06 bits per heavy atom. The van der Waals surface area contributed by atoms with Crippen LogP contribution in [0.25, 0.3) is 0 Å². The van der Waals surface area contributed by atoms with Gasteiger partial charge < -0.3 is 4.90 Å². The summed E-state index contributed by atoms with van der Waals surface area (Å²) in [5, 5.41) is 0.277. The van der Waals surface area contributed by atoms with E-state index in [2.05, 4.69) is 41.2 Å². The summed E-state index contributed by atoms with van der Waals surface area (Å²) in [6.07, 6.45) is 0. The molecule has 4 heteroatoms. The van der Waals surface area contributed by atoms with Crippen LogP contribution in [0.5, 0.6) is 0 Å². The summed E-state index contributed by atoms with van der Waals surface area (Å²) < 4.78 is 0. The summed E-state index contributed by atoms with van der Waals surface area (Å²) in [7, 11) is 1.96. The molecule has 2 aromatic rings. The summed E-state index contributed by atoms with van der Waals surface area (Å²) in [4.78, 5) is 10.3. The molecule has 0 atom stereocenters. The minimum Gasteiger partial charge on any atom is -0.329 e. The monoisotopic (exact) mass is 247 g/mol. The lowest BCUT2D eigenvalue weighted by Gasteiger charge is -2.18. The normalized spacial score (nSPS) is 10.4. The van der Waals surface area contributed by atoms with E-state index in [9.17, 15) is 0 Å². The Balaban J connectivity index is 2.36. The maximum Gasteiger partial charge on any atom is 0.224 e. The van der Waals surface area contributed by atoms with E-state index in [1.807, 2.05) is 24.9 Å². The number of rotatable bonds is 2. The van der Waals surface area contributed by atoms with Gasteiger partial charge in [-0.2, -0.15) is 0 Å². The Labute approximate surface area is 106 Å². The van der Waals surface area contributed by atoms with Crippen molar-refractivity contribution in [3.05, 3.63) is 46.9 Å². The van der Waals surface area contributed by atoms with Crippen LogP contribution in [0, 0.1) is 13.8 Å². The standard InChI is InChI=1S/C13H14ClN3/c1-9-4-6-11(7-5-9)17(3)12-8-10(2)15-13(14)16-12/h4-8H,1-3H3. The smallest absolute Gasteiger partial charge is 0.224 e. The molecule has 0 saturated heterocycles. The molecular formula is C13H14ClN3. The summed E-state index contributed by atoms with van der Waals surface area (Å²) in [6, 6.07) is 10.2. The predicted octanol–water partition coefficient (Wildman–Crippen LogP) is 3.51. The van der Waals surface area contributed by atoms with Crippen LogP contribution in [-0.2, 0) is 0 Å². The highest BCUT2D eigenvalue weighted by Crippen LogP contribution is 2.23. The van der Waals surface area contributed by atoms with Crippen LogP contribution in [0.2, 0.25) is 5.28 Å². The summed E-state index contributed by atoms with van der Waals surface area (Å²) >= 11 is 5.86. The van der Waals surface area contributed by atoms with Gasteiger partial charge in [-0.1, -0.05) is 17.7 Å². The number of aryl methyl sites for hydroxylation is 2. The fraction of sp³-hybridized carbons (Fsp3) is 0.231. The van der Waals surface area contributed by atoms with E-state index >= 15 is 0 Å². The van der Waals surface area contributed by atoms with Gasteiger partial charge in [0.05, 0.1) is 0 Å². The van der Waals surface area contributed by atoms with Gasteiger partial charge in [-0.15, -0.1) is 0 Å². The first kappa shape index (κ1) is 11.9. The highest BCUT2D eigenvalue weighted by Gasteiger charge is 2.07. The van der Waals surface area contributed by atoms with E-state index in [1.54, 1.807) is 0 Å². The highest BCUT2D eigenvalue weighted by molar-refractivity contribution is 6.28. The molecule has 0 bridgehead atoms. The molecule has 0 fully saturated rings. The second kappa shape index (κ2) is 4.72. The van der Waals surface area contributed by atoms with E-state index < -0.39 is 0 Å². The van der Waals surface area contributed by atoms with Crippen LogP contribution in [0.4, 0.5) is 11.5 Å². The minimum atomic E-state index is 0.277. The van der Waals surface area contributed by atoms with Crippen molar-refractivity contribution in [3.63, 3.8) is 0 Å². The lowest BCUT2D eigenvalue weighted by molar-refractivity contribution is 1.05. The predicted molar refractivity (Wildman–Crippen MR) is 71.0 cm³/mol. The van der Waals surface area contributed by atoms with Crippen LogP contribution >= 0.6 is 11.6 Å². The van der Waals surface area contributed by atoms with Crippen molar-refractivity contribution in [3.8, 4) is 0 Å². The van der Waals surface area contributed by atoms with Gasteiger partial charge in [-0.25, -0.2) is 9.97 Å². The van der Waals surface area contributed by atoms with E-state index in [0.717, 1.165) is 17.2 Å². The molecule has 88 valence electrons. The molecule has 17 heavy (non-hydrogen) atoms. The van der Waals surface area contributed by atoms with Crippen molar-refractivity contribution in [1.82, 2.24) is 9.97 Å². The molecule has 3 nitrogen and oxygen atoms in total. The lowest BCUT2D eigenvalue weighted by atomic mass is 10.2. The third-order valence-corrected chi connectivity index (χ3v) is 2.75. The van der Waals surface area contributed by atoms with Crippen molar-refractivity contribution in [1.29, 1.82) is 0 Å². The second-order valence-corrected chi connectivity index (χ2v) is 4.37. The van der Waals surface area contributed by atoms with Crippen LogP contribution in [-0.4, -0.2) is 17.0 Å². The molecule has 0 N–H and O–H groups in total. The molecule has 2 rings (SSSR count). The van der Waals surface area contributed by atoms with Crippen molar-refractivity contribution in [2.24, 2.45) is 0 Å². The van der Waals surface area contributed by atoms with Crippen LogP contribution in [0.15, 0.2) is 30.3 Å². The van der Waals surface area contributed by atoms with E-state index in [0.29, 0.717) is 0 Å². The number of halogens is 1. The quantitative estimate of drug-likeness (QED) is 0.761. The van der Waals surface area contributed by atoms with Gasteiger partial charge in [-0.3, -0.25) is 0 Å². The molecular weight excluding hydrogens is 234 g/mol. The molecule has 1 aromatic heterocycles. The fourth-order valence-electron chi connectivity index (χ4n) is 1.59. The van der Waals surface area contributed by atoms with E-state index in [1.165, 1.54) is 5.56 Å². The molecule has 1 aromatic carbocycles. The minimum absolute atomic E-state index is 0.277. The molecule has 0 aliphatic rings. The highest BCUT2D eigenvalue weighted by atomic mass is 35.5. The Kier molecular flexibility index (Phi) is 3.29. The Morgan fingerprint density at radius 2 is 1.71 bits per heavy atom. The first-order valence-corrected chi connectivity index (χ1v) is 5.75. The van der Waals surface area contributed by atoms with Gasteiger partial charge in [0.25, 0.3) is 0 Å². The maximum atomic E-state index is 5.86. The van der Waals surface area contributed by atoms with Gasteiger partial charge in [-0.05, 0) is 37.6 Å². The molecule has 0 aliphatic carbocycles. The van der Waals surface area contributed by atoms with Crippen LogP contribution < -0.4 is 4.90 Å². The molecule has 0 unspecified atom stereocenters. The summed E-state index contributed by atoms with van der Waals surface area (Å²) in [6.45, 7) is 3.97. The second-order valence-electron chi connectivity index (χ2n) is 4.03. The molecule has 0 saturated carbocycles. The van der Waals surface area contributed by atoms with Gasteiger partial charge in [0.15, 0.2) is 0 Å². The Hall–Kier alpha value is -1.61. The Morgan fingerprint density at radius 3 is 2.29 bits per heavy atom. The van der Waals surface area contributed by atoms with Gasteiger partial charge in [0, 0.05) is 24.5 Å². The first-order chi connectivity index (χ1) is 8.06.